The summed E-state index contributed by atoms with van der Waals surface area (Å²) in [5, 5.41) is 4.45. The second-order valence-electron chi connectivity index (χ2n) is 8.80. The molecule has 1 fully saturated rings. The van der Waals surface area contributed by atoms with Crippen LogP contribution in [0.5, 0.6) is 0 Å². The highest BCUT2D eigenvalue weighted by Gasteiger charge is 2.50. The van der Waals surface area contributed by atoms with Crippen molar-refractivity contribution in [3.05, 3.63) is 87.9 Å². The predicted octanol–water partition coefficient (Wildman–Crippen LogP) is 7.21. The maximum Gasteiger partial charge on any atom is 0.265 e. The molecule has 0 radical (unpaired) electrons. The molecule has 0 saturated heterocycles. The normalized spacial score (nSPS) is 16.9. The van der Waals surface area contributed by atoms with E-state index in [0.29, 0.717) is 16.7 Å². The van der Waals surface area contributed by atoms with E-state index in [-0.39, 0.29) is 27.4 Å². The number of halogens is 3. The lowest BCUT2D eigenvalue weighted by Gasteiger charge is -2.25. The van der Waals surface area contributed by atoms with Crippen LogP contribution in [0.2, 0.25) is 5.15 Å². The Balaban J connectivity index is 1.67. The van der Waals surface area contributed by atoms with Gasteiger partial charge in [0.2, 0.25) is 0 Å². The molecule has 0 spiro atoms. The Bertz CT molecular complexity index is 1660. The number of thioether (sulfide) groups is 1. The molecule has 1 aliphatic carbocycles. The number of rotatable bonds is 9. The number of hydrogen-bond donors (Lipinski definition) is 0. The number of aromatic nitrogens is 2. The molecule has 0 bridgehead atoms. The Kier molecular flexibility index (Phi) is 7.34. The molecule has 2 atom stereocenters. The molecule has 5 rings (SSSR count). The van der Waals surface area contributed by atoms with Crippen LogP contribution in [0.15, 0.2) is 75.9 Å². The first-order valence-electron chi connectivity index (χ1n) is 11.8. The smallest absolute Gasteiger partial charge is 0.244 e. The van der Waals surface area contributed by atoms with E-state index in [2.05, 4.69) is 15.1 Å². The molecule has 7 nitrogen and oxygen atoms in total. The predicted molar refractivity (Wildman–Crippen MR) is 145 cm³/mol. The fraction of sp³-hybridized carbons (Fsp3) is 0.231. The first kappa shape index (κ1) is 26.5. The number of hydrogen-bond acceptors (Lipinski definition) is 7. The fourth-order valence-corrected chi connectivity index (χ4v) is 6.95. The van der Waals surface area contributed by atoms with E-state index in [9.17, 15) is 22.1 Å². The van der Waals surface area contributed by atoms with Gasteiger partial charge in [-0.1, -0.05) is 66.7 Å². The summed E-state index contributed by atoms with van der Waals surface area (Å²) in [7, 11) is -4.32. The van der Waals surface area contributed by atoms with Crippen molar-refractivity contribution in [2.24, 2.45) is 5.18 Å². The molecule has 196 valence electrons. The van der Waals surface area contributed by atoms with Gasteiger partial charge < -0.3 is 0 Å². The van der Waals surface area contributed by atoms with Crippen LogP contribution in [-0.4, -0.2) is 30.2 Å². The van der Waals surface area contributed by atoms with Gasteiger partial charge in [0.25, 0.3) is 10.0 Å². The molecule has 38 heavy (non-hydrogen) atoms. The van der Waals surface area contributed by atoms with Crippen molar-refractivity contribution in [1.82, 2.24) is 9.97 Å². The lowest BCUT2D eigenvalue weighted by molar-refractivity contribution is 0.507. The molecular weight excluding hydrogens is 554 g/mol. The molecule has 0 N–H and O–H groups in total. The number of sulfonamides is 1. The van der Waals surface area contributed by atoms with E-state index in [1.54, 1.807) is 18.2 Å². The van der Waals surface area contributed by atoms with Gasteiger partial charge in [-0.05, 0) is 58.6 Å². The molecule has 1 saturated carbocycles. The molecule has 1 heterocycles. The minimum Gasteiger partial charge on any atom is -0.244 e. The summed E-state index contributed by atoms with van der Waals surface area (Å²) < 4.78 is 57.0. The summed E-state index contributed by atoms with van der Waals surface area (Å²) in [5.41, 5.74) is 0.0155. The van der Waals surface area contributed by atoms with Crippen molar-refractivity contribution >= 4 is 55.7 Å². The zero-order valence-electron chi connectivity index (χ0n) is 20.0. The quantitative estimate of drug-likeness (QED) is 0.0907. The third-order valence-corrected chi connectivity index (χ3v) is 9.37. The monoisotopic (exact) mass is 574 g/mol. The van der Waals surface area contributed by atoms with E-state index >= 15 is 0 Å². The summed E-state index contributed by atoms with van der Waals surface area (Å²) >= 11 is 7.54. The first-order valence-corrected chi connectivity index (χ1v) is 14.6. The number of anilines is 1. The van der Waals surface area contributed by atoms with Crippen LogP contribution in [0.25, 0.3) is 10.8 Å². The fourth-order valence-electron chi connectivity index (χ4n) is 4.32. The average molecular weight is 575 g/mol. The number of nitroso groups, excluding NO2 is 1. The maximum atomic E-state index is 14.2. The van der Waals surface area contributed by atoms with Gasteiger partial charge in [-0.3, -0.25) is 0 Å². The molecule has 12 heteroatoms. The highest BCUT2D eigenvalue weighted by molar-refractivity contribution is 7.99. The van der Waals surface area contributed by atoms with E-state index < -0.39 is 39.3 Å². The first-order chi connectivity index (χ1) is 18.2. The SMILES string of the molecule is CCCSc1nc(Cl)c(N=O)c(N([C@@H]2C[C@H]2c2ccc(F)c(F)c2)S(=O)(=O)c2ccc3ccccc3c2)n1. The Morgan fingerprint density at radius 3 is 2.53 bits per heavy atom. The van der Waals surface area contributed by atoms with Gasteiger partial charge in [-0.2, -0.15) is 0 Å². The molecule has 0 aliphatic heterocycles. The number of fused-ring (bicyclic) bond motifs is 1. The Morgan fingerprint density at radius 2 is 1.82 bits per heavy atom. The zero-order valence-corrected chi connectivity index (χ0v) is 22.4. The highest BCUT2D eigenvalue weighted by Crippen LogP contribution is 2.51. The maximum absolute atomic E-state index is 14.2. The Labute approximate surface area is 227 Å². The molecule has 3 aromatic carbocycles. The van der Waals surface area contributed by atoms with Crippen molar-refractivity contribution in [3.63, 3.8) is 0 Å². The molecule has 0 unspecified atom stereocenters. The highest BCUT2D eigenvalue weighted by atomic mass is 35.5. The van der Waals surface area contributed by atoms with Crippen LogP contribution in [0, 0.1) is 16.5 Å². The van der Waals surface area contributed by atoms with Crippen molar-refractivity contribution in [3.8, 4) is 0 Å². The second kappa shape index (κ2) is 10.5. The molecule has 1 aliphatic rings. The van der Waals surface area contributed by atoms with Crippen molar-refractivity contribution < 1.29 is 17.2 Å². The molecule has 1 aromatic heterocycles. The summed E-state index contributed by atoms with van der Waals surface area (Å²) in [6.07, 6.45) is 1.09. The van der Waals surface area contributed by atoms with Gasteiger partial charge in [-0.15, -0.1) is 4.91 Å². The Hall–Kier alpha value is -3.15. The zero-order chi connectivity index (χ0) is 27.0. The van der Waals surface area contributed by atoms with Crippen LogP contribution in [0.3, 0.4) is 0 Å². The average Bonchev–Trinajstić information content (AvgIpc) is 3.68. The van der Waals surface area contributed by atoms with Crippen molar-refractivity contribution in [2.45, 2.75) is 41.8 Å². The lowest BCUT2D eigenvalue weighted by Crippen LogP contribution is -2.35. The van der Waals surface area contributed by atoms with E-state index in [0.717, 1.165) is 28.2 Å². The molecule has 0 amide bonds. The van der Waals surface area contributed by atoms with Crippen LogP contribution >= 0.6 is 23.4 Å². The second-order valence-corrected chi connectivity index (χ2v) is 12.0. The van der Waals surface area contributed by atoms with Crippen LogP contribution < -0.4 is 4.31 Å². The van der Waals surface area contributed by atoms with Crippen LogP contribution in [-0.2, 0) is 10.0 Å². The van der Waals surface area contributed by atoms with Gasteiger partial charge in [0.1, 0.15) is 0 Å². The van der Waals surface area contributed by atoms with Crippen molar-refractivity contribution in [1.29, 1.82) is 0 Å². The van der Waals surface area contributed by atoms with E-state index in [1.807, 2.05) is 19.1 Å². The standard InChI is InChI=1S/C26H21ClF2N4O3S2/c1-2-11-37-26-30-24(27)23(32-34)25(31-26)33(22-14-19(22)17-8-10-20(28)21(29)13-17)38(35,36)18-9-7-15-5-3-4-6-16(15)12-18/h3-10,12-13,19,22H,2,11,14H2,1H3/t19-,22+/m0/s1. The molecule has 4 aromatic rings. The topological polar surface area (TPSA) is 92.6 Å². The van der Waals surface area contributed by atoms with Gasteiger partial charge in [0.15, 0.2) is 33.4 Å². The van der Waals surface area contributed by atoms with E-state index in [4.69, 9.17) is 11.6 Å². The van der Waals surface area contributed by atoms with Gasteiger partial charge >= 0.3 is 0 Å². The number of nitrogens with zero attached hydrogens (tertiary/aromatic N) is 4. The minimum absolute atomic E-state index is 0.0264. The van der Waals surface area contributed by atoms with Crippen LogP contribution in [0.4, 0.5) is 20.3 Å². The van der Waals surface area contributed by atoms with Gasteiger partial charge in [0, 0.05) is 11.7 Å². The summed E-state index contributed by atoms with van der Waals surface area (Å²) in [6, 6.07) is 14.7. The van der Waals surface area contributed by atoms with Gasteiger partial charge in [-0.25, -0.2) is 31.5 Å². The van der Waals surface area contributed by atoms with Crippen molar-refractivity contribution in [2.75, 3.05) is 10.1 Å². The summed E-state index contributed by atoms with van der Waals surface area (Å²) in [6.45, 7) is 1.96. The van der Waals surface area contributed by atoms with Crippen LogP contribution in [0.1, 0.15) is 31.2 Å². The Morgan fingerprint density at radius 1 is 1.05 bits per heavy atom. The minimum atomic E-state index is -4.32. The van der Waals surface area contributed by atoms with Gasteiger partial charge in [0.05, 0.1) is 10.9 Å². The molecular formula is C26H21ClF2N4O3S2. The van der Waals surface area contributed by atoms with E-state index in [1.165, 1.54) is 30.0 Å². The lowest BCUT2D eigenvalue weighted by atomic mass is 10.1. The number of benzene rings is 3. The third-order valence-electron chi connectivity index (χ3n) is 6.25. The third kappa shape index (κ3) is 4.97. The summed E-state index contributed by atoms with van der Waals surface area (Å²) in [4.78, 5) is 20.3. The largest absolute Gasteiger partial charge is 0.265 e. The summed E-state index contributed by atoms with van der Waals surface area (Å²) in [5.74, 6) is -2.11.